The first-order valence-electron chi connectivity index (χ1n) is 7.77. The van der Waals surface area contributed by atoms with Crippen LogP contribution in [0.3, 0.4) is 0 Å². The molecule has 0 saturated carbocycles. The molecule has 1 unspecified atom stereocenters. The third-order valence-corrected chi connectivity index (χ3v) is 3.89. The molecule has 1 heterocycles. The van der Waals surface area contributed by atoms with Crippen LogP contribution in [0.15, 0.2) is 30.8 Å². The molecule has 122 valence electrons. The summed E-state index contributed by atoms with van der Waals surface area (Å²) < 4.78 is 12.8. The van der Waals surface area contributed by atoms with Crippen LogP contribution in [-0.2, 0) is 11.3 Å². The lowest BCUT2D eigenvalue weighted by atomic mass is 9.95. The third kappa shape index (κ3) is 3.55. The first-order chi connectivity index (χ1) is 11.0. The Labute approximate surface area is 131 Å². The maximum atomic E-state index is 10.2. The first-order valence-corrected chi connectivity index (χ1v) is 7.07. The Hall–Kier alpha value is -1.28. The average Bonchev–Trinajstić information content (AvgIpc) is 2.57. The summed E-state index contributed by atoms with van der Waals surface area (Å²) in [6.45, 7) is 3.48. The molecule has 5 atom stereocenters. The van der Waals surface area contributed by atoms with Gasteiger partial charge in [0.2, 0.25) is 0 Å². The monoisotopic (exact) mass is 310 g/mol. The minimum Gasteiger partial charge on any atom is -0.394 e. The largest absolute Gasteiger partial charge is 0.394 e. The molecule has 22 heavy (non-hydrogen) atoms. The Morgan fingerprint density at radius 1 is 1.27 bits per heavy atom. The molecule has 1 fully saturated rings. The van der Waals surface area contributed by atoms with Gasteiger partial charge in [-0.25, -0.2) is 0 Å². The molecule has 0 spiro atoms. The number of hydrogen-bond acceptors (Lipinski definition) is 6. The fourth-order valence-electron chi connectivity index (χ4n) is 2.58. The van der Waals surface area contributed by atoms with Crippen molar-refractivity contribution < 1.29 is 26.5 Å². The highest BCUT2D eigenvalue weighted by Gasteiger charge is 2.45. The highest BCUT2D eigenvalue weighted by molar-refractivity contribution is 5.47. The molecule has 1 aromatic rings. The van der Waals surface area contributed by atoms with Crippen LogP contribution >= 0.6 is 0 Å². The lowest BCUT2D eigenvalue weighted by molar-refractivity contribution is -0.271. The standard InChI is InChI=1S/C16H23NO5/c1-3-10-4-6-11(7-5-10)8-17(2)13-15(20)14(19)12(9-18)22-16(13)21/h3-7,12-16,18-21H,1,8-9H2,2H3/t12-,13-,14-,15-,16?/m1/s1/i2D. The number of ether oxygens (including phenoxy) is 1. The second kappa shape index (κ2) is 7.32. The molecule has 0 bridgehead atoms. The van der Waals surface area contributed by atoms with Gasteiger partial charge in [0.25, 0.3) is 0 Å². The molecule has 4 N–H and O–H groups in total. The molecule has 1 aliphatic rings. The van der Waals surface area contributed by atoms with E-state index in [0.29, 0.717) is 6.54 Å². The molecular weight excluding hydrogens is 286 g/mol. The maximum Gasteiger partial charge on any atom is 0.173 e. The quantitative estimate of drug-likeness (QED) is 0.589. The van der Waals surface area contributed by atoms with Crippen molar-refractivity contribution in [1.29, 1.82) is 0 Å². The van der Waals surface area contributed by atoms with Crippen molar-refractivity contribution in [3.8, 4) is 0 Å². The summed E-state index contributed by atoms with van der Waals surface area (Å²) in [6, 6.07) is 6.55. The van der Waals surface area contributed by atoms with Crippen LogP contribution in [0.25, 0.3) is 6.08 Å². The van der Waals surface area contributed by atoms with Crippen molar-refractivity contribution in [2.45, 2.75) is 37.2 Å². The van der Waals surface area contributed by atoms with Gasteiger partial charge in [0, 0.05) is 7.92 Å². The van der Waals surface area contributed by atoms with Gasteiger partial charge in [0.05, 0.1) is 12.6 Å². The molecule has 1 aromatic carbocycles. The number of hydrogen-bond donors (Lipinski definition) is 4. The van der Waals surface area contributed by atoms with Crippen molar-refractivity contribution in [2.24, 2.45) is 0 Å². The van der Waals surface area contributed by atoms with Gasteiger partial charge < -0.3 is 25.2 Å². The van der Waals surface area contributed by atoms with Crippen molar-refractivity contribution in [2.75, 3.05) is 13.6 Å². The second-order valence-corrected chi connectivity index (χ2v) is 5.41. The highest BCUT2D eigenvalue weighted by Crippen LogP contribution is 2.24. The van der Waals surface area contributed by atoms with Crippen LogP contribution in [-0.4, -0.2) is 69.6 Å². The molecule has 0 aliphatic carbocycles. The van der Waals surface area contributed by atoms with Gasteiger partial charge >= 0.3 is 0 Å². The predicted molar refractivity (Wildman–Crippen MR) is 81.8 cm³/mol. The highest BCUT2D eigenvalue weighted by atomic mass is 16.6. The van der Waals surface area contributed by atoms with E-state index in [9.17, 15) is 15.3 Å². The van der Waals surface area contributed by atoms with Gasteiger partial charge in [-0.05, 0) is 18.2 Å². The number of likely N-dealkylation sites (N-methyl/N-ethyl adjacent to an activating group) is 1. The zero-order valence-corrected chi connectivity index (χ0v) is 12.2. The molecule has 0 amide bonds. The topological polar surface area (TPSA) is 93.4 Å². The lowest BCUT2D eigenvalue weighted by Gasteiger charge is -2.44. The van der Waals surface area contributed by atoms with Crippen LogP contribution in [0.2, 0.25) is 0 Å². The molecule has 1 aliphatic heterocycles. The molecule has 0 aromatic heterocycles. The summed E-state index contributed by atoms with van der Waals surface area (Å²) >= 11 is 0. The van der Waals surface area contributed by atoms with Crippen molar-refractivity contribution >= 4 is 6.08 Å². The van der Waals surface area contributed by atoms with Gasteiger partial charge in [-0.15, -0.1) is 0 Å². The fourth-order valence-corrected chi connectivity index (χ4v) is 2.58. The van der Waals surface area contributed by atoms with Crippen molar-refractivity contribution in [3.63, 3.8) is 0 Å². The van der Waals surface area contributed by atoms with Crippen LogP contribution in [0.5, 0.6) is 0 Å². The zero-order chi connectivity index (χ0) is 17.0. The summed E-state index contributed by atoms with van der Waals surface area (Å²) in [4.78, 5) is 1.51. The average molecular weight is 310 g/mol. The van der Waals surface area contributed by atoms with Crippen molar-refractivity contribution in [1.82, 2.24) is 4.90 Å². The fraction of sp³-hybridized carbons (Fsp3) is 0.500. The Balaban J connectivity index is 2.13. The third-order valence-electron chi connectivity index (χ3n) is 3.89. The van der Waals surface area contributed by atoms with E-state index >= 15 is 0 Å². The van der Waals surface area contributed by atoms with E-state index in [1.807, 2.05) is 24.3 Å². The van der Waals surface area contributed by atoms with Gasteiger partial charge in [0.1, 0.15) is 18.3 Å². The summed E-state index contributed by atoms with van der Waals surface area (Å²) in [5, 5.41) is 39.4. The van der Waals surface area contributed by atoms with Crippen LogP contribution in [0.4, 0.5) is 0 Å². The van der Waals surface area contributed by atoms with Gasteiger partial charge in [-0.3, -0.25) is 4.90 Å². The van der Waals surface area contributed by atoms with Gasteiger partial charge in [-0.1, -0.05) is 36.9 Å². The normalized spacial score (nSPS) is 32.8. The molecule has 6 heteroatoms. The summed E-state index contributed by atoms with van der Waals surface area (Å²) in [5.74, 6) is 0. The Morgan fingerprint density at radius 3 is 2.50 bits per heavy atom. The molecule has 1 saturated heterocycles. The van der Waals surface area contributed by atoms with E-state index in [1.54, 1.807) is 6.08 Å². The molecule has 0 radical (unpaired) electrons. The number of aliphatic hydroxyl groups excluding tert-OH is 4. The first kappa shape index (κ1) is 15.6. The van der Waals surface area contributed by atoms with E-state index in [-0.39, 0.29) is 7.02 Å². The van der Waals surface area contributed by atoms with Crippen LogP contribution in [0, 0.1) is 0 Å². The van der Waals surface area contributed by atoms with Gasteiger partial charge in [-0.2, -0.15) is 0 Å². The number of aliphatic hydroxyl groups is 4. The van der Waals surface area contributed by atoms with Crippen LogP contribution in [0.1, 0.15) is 12.5 Å². The van der Waals surface area contributed by atoms with E-state index in [0.717, 1.165) is 11.1 Å². The Morgan fingerprint density at radius 2 is 1.95 bits per heavy atom. The van der Waals surface area contributed by atoms with E-state index in [2.05, 4.69) is 6.58 Å². The number of nitrogens with zero attached hydrogens (tertiary/aromatic N) is 1. The van der Waals surface area contributed by atoms with Gasteiger partial charge in [0.15, 0.2) is 6.29 Å². The van der Waals surface area contributed by atoms with E-state index in [4.69, 9.17) is 11.2 Å². The smallest absolute Gasteiger partial charge is 0.173 e. The van der Waals surface area contributed by atoms with Crippen molar-refractivity contribution in [3.05, 3.63) is 42.0 Å². The number of rotatable bonds is 5. The number of benzene rings is 1. The molecule has 2 rings (SSSR count). The predicted octanol–water partition coefficient (Wildman–Crippen LogP) is -0.439. The Bertz CT molecular complexity index is 512. The Kier molecular flexibility index (Phi) is 5.20. The zero-order valence-electron chi connectivity index (χ0n) is 13.2. The SMILES string of the molecule is [2H]CN(Cc1ccc(C=C)cc1)[C@H]1C(O)O[C@H](CO)[C@@H](O)[C@@H]1O. The minimum absolute atomic E-state index is 0.193. The second-order valence-electron chi connectivity index (χ2n) is 5.41. The summed E-state index contributed by atoms with van der Waals surface area (Å²) in [6.07, 6.45) is -3.38. The lowest BCUT2D eigenvalue weighted by Crippen LogP contribution is -2.63. The molecular formula is C16H23NO5. The maximum absolute atomic E-state index is 10.2. The van der Waals surface area contributed by atoms with E-state index in [1.165, 1.54) is 4.90 Å². The van der Waals surface area contributed by atoms with Crippen LogP contribution < -0.4 is 0 Å². The molecule has 6 nitrogen and oxygen atoms in total. The van der Waals surface area contributed by atoms with E-state index < -0.39 is 37.3 Å². The summed E-state index contributed by atoms with van der Waals surface area (Å²) in [7, 11) is -0.193. The minimum atomic E-state index is -1.40. The summed E-state index contributed by atoms with van der Waals surface area (Å²) in [5.41, 5.74) is 1.86.